The van der Waals surface area contributed by atoms with Crippen molar-refractivity contribution in [2.45, 2.75) is 52.0 Å². The van der Waals surface area contributed by atoms with Gasteiger partial charge in [-0.25, -0.2) is 0 Å². The van der Waals surface area contributed by atoms with Gasteiger partial charge in [0, 0.05) is 19.1 Å². The largest absolute Gasteiger partial charge is 0.377 e. The van der Waals surface area contributed by atoms with Gasteiger partial charge in [0.05, 0.1) is 31.5 Å². The van der Waals surface area contributed by atoms with E-state index in [2.05, 4.69) is 24.2 Å². The summed E-state index contributed by atoms with van der Waals surface area (Å²) in [7, 11) is 0. The minimum absolute atomic E-state index is 0.0546. The van der Waals surface area contributed by atoms with Crippen molar-refractivity contribution in [2.24, 2.45) is 5.84 Å². The molecule has 17 heavy (non-hydrogen) atoms. The minimum Gasteiger partial charge on any atom is -0.377 e. The van der Waals surface area contributed by atoms with Gasteiger partial charge in [0.25, 0.3) is 0 Å². The number of hydrogen-bond acceptors (Lipinski definition) is 5. The molecule has 0 aliphatic carbocycles. The maximum atomic E-state index is 5.78. The molecule has 0 radical (unpaired) electrons. The SMILES string of the molecule is CC(C)OCC(NN)C1CN(C(C)C)CCO1. The van der Waals surface area contributed by atoms with Crippen molar-refractivity contribution in [3.8, 4) is 0 Å². The first-order valence-electron chi connectivity index (χ1n) is 6.48. The van der Waals surface area contributed by atoms with Crippen LogP contribution in [0.3, 0.4) is 0 Å². The predicted octanol–water partition coefficient (Wildman–Crippen LogP) is 0.353. The van der Waals surface area contributed by atoms with E-state index < -0.39 is 0 Å². The first-order chi connectivity index (χ1) is 8.04. The molecule has 1 fully saturated rings. The van der Waals surface area contributed by atoms with E-state index in [0.29, 0.717) is 12.6 Å². The van der Waals surface area contributed by atoms with Gasteiger partial charge in [-0.05, 0) is 27.7 Å². The van der Waals surface area contributed by atoms with Crippen molar-refractivity contribution in [1.29, 1.82) is 0 Å². The molecule has 1 aliphatic rings. The smallest absolute Gasteiger partial charge is 0.0891 e. The second kappa shape index (κ2) is 7.28. The lowest BCUT2D eigenvalue weighted by molar-refractivity contribution is -0.0735. The summed E-state index contributed by atoms with van der Waals surface area (Å²) < 4.78 is 11.4. The molecule has 0 amide bonds. The Morgan fingerprint density at radius 1 is 1.41 bits per heavy atom. The van der Waals surface area contributed by atoms with Crippen molar-refractivity contribution in [3.63, 3.8) is 0 Å². The molecule has 102 valence electrons. The molecule has 0 bridgehead atoms. The third-order valence-corrected chi connectivity index (χ3v) is 3.13. The number of rotatable bonds is 6. The van der Waals surface area contributed by atoms with Gasteiger partial charge in [-0.1, -0.05) is 0 Å². The van der Waals surface area contributed by atoms with Crippen molar-refractivity contribution >= 4 is 0 Å². The summed E-state index contributed by atoms with van der Waals surface area (Å²) in [5, 5.41) is 0. The van der Waals surface area contributed by atoms with Crippen LogP contribution in [0.25, 0.3) is 0 Å². The highest BCUT2D eigenvalue weighted by Gasteiger charge is 2.28. The molecule has 5 heteroatoms. The number of ether oxygens (including phenoxy) is 2. The zero-order valence-corrected chi connectivity index (χ0v) is 11.5. The second-order valence-electron chi connectivity index (χ2n) is 5.15. The maximum Gasteiger partial charge on any atom is 0.0891 e. The summed E-state index contributed by atoms with van der Waals surface area (Å²) in [6, 6.07) is 0.602. The molecule has 2 atom stereocenters. The van der Waals surface area contributed by atoms with Crippen LogP contribution in [0.15, 0.2) is 0 Å². The number of morpholine rings is 1. The van der Waals surface area contributed by atoms with Crippen LogP contribution in [0.4, 0.5) is 0 Å². The van der Waals surface area contributed by atoms with Crippen LogP contribution < -0.4 is 11.3 Å². The van der Waals surface area contributed by atoms with Crippen molar-refractivity contribution in [3.05, 3.63) is 0 Å². The van der Waals surface area contributed by atoms with Crippen LogP contribution >= 0.6 is 0 Å². The quantitative estimate of drug-likeness (QED) is 0.522. The van der Waals surface area contributed by atoms with Gasteiger partial charge in [0.1, 0.15) is 0 Å². The summed E-state index contributed by atoms with van der Waals surface area (Å²) in [6.45, 7) is 11.7. The molecule has 0 aromatic heterocycles. The Kier molecular flexibility index (Phi) is 6.37. The molecule has 2 unspecified atom stereocenters. The summed E-state index contributed by atoms with van der Waals surface area (Å²) >= 11 is 0. The second-order valence-corrected chi connectivity index (χ2v) is 5.15. The molecule has 3 N–H and O–H groups in total. The molecule has 1 rings (SSSR count). The third-order valence-electron chi connectivity index (χ3n) is 3.13. The molecule has 0 saturated carbocycles. The highest BCUT2D eigenvalue weighted by molar-refractivity contribution is 4.83. The van der Waals surface area contributed by atoms with E-state index in [1.165, 1.54) is 0 Å². The van der Waals surface area contributed by atoms with Gasteiger partial charge in [0.2, 0.25) is 0 Å². The van der Waals surface area contributed by atoms with Crippen molar-refractivity contribution in [1.82, 2.24) is 10.3 Å². The predicted molar refractivity (Wildman–Crippen MR) is 68.6 cm³/mol. The lowest BCUT2D eigenvalue weighted by atomic mass is 10.1. The Bertz CT molecular complexity index is 212. The van der Waals surface area contributed by atoms with Crippen LogP contribution in [0, 0.1) is 0 Å². The fourth-order valence-electron chi connectivity index (χ4n) is 1.97. The molecule has 1 heterocycles. The van der Waals surface area contributed by atoms with E-state index in [0.717, 1.165) is 19.7 Å². The fraction of sp³-hybridized carbons (Fsp3) is 1.00. The average molecular weight is 245 g/mol. The van der Waals surface area contributed by atoms with E-state index in [1.54, 1.807) is 0 Å². The number of nitrogens with two attached hydrogens (primary N) is 1. The van der Waals surface area contributed by atoms with Crippen molar-refractivity contribution < 1.29 is 9.47 Å². The van der Waals surface area contributed by atoms with E-state index in [9.17, 15) is 0 Å². The molecule has 0 aromatic carbocycles. The van der Waals surface area contributed by atoms with Gasteiger partial charge in [-0.2, -0.15) is 0 Å². The molecular formula is C12H27N3O2. The number of hydrogen-bond donors (Lipinski definition) is 2. The molecule has 5 nitrogen and oxygen atoms in total. The molecular weight excluding hydrogens is 218 g/mol. The molecule has 1 saturated heterocycles. The van der Waals surface area contributed by atoms with Gasteiger partial charge >= 0.3 is 0 Å². The van der Waals surface area contributed by atoms with Gasteiger partial charge < -0.3 is 9.47 Å². The normalized spacial score (nSPS) is 24.5. The maximum absolute atomic E-state index is 5.78. The molecule has 0 spiro atoms. The topological polar surface area (TPSA) is 59.8 Å². The Labute approximate surface area is 105 Å². The van der Waals surface area contributed by atoms with Gasteiger partial charge in [-0.15, -0.1) is 0 Å². The number of nitrogens with one attached hydrogen (secondary N) is 1. The Morgan fingerprint density at radius 3 is 2.65 bits per heavy atom. The fourth-order valence-corrected chi connectivity index (χ4v) is 1.97. The zero-order chi connectivity index (χ0) is 12.8. The van der Waals surface area contributed by atoms with E-state index >= 15 is 0 Å². The summed E-state index contributed by atoms with van der Waals surface area (Å²) in [5.41, 5.74) is 2.81. The van der Waals surface area contributed by atoms with Crippen LogP contribution in [0.5, 0.6) is 0 Å². The summed E-state index contributed by atoms with van der Waals surface area (Å²) in [6.07, 6.45) is 0.325. The van der Waals surface area contributed by atoms with Crippen LogP contribution in [-0.4, -0.2) is 55.5 Å². The van der Waals surface area contributed by atoms with Crippen LogP contribution in [0.2, 0.25) is 0 Å². The molecule has 1 aliphatic heterocycles. The Morgan fingerprint density at radius 2 is 2.12 bits per heavy atom. The lowest BCUT2D eigenvalue weighted by Crippen LogP contribution is -2.57. The standard InChI is InChI=1S/C12H27N3O2/c1-9(2)15-5-6-16-12(7-15)11(14-13)8-17-10(3)4/h9-12,14H,5-8,13H2,1-4H3. The van der Waals surface area contributed by atoms with E-state index in [1.807, 2.05) is 13.8 Å². The monoisotopic (exact) mass is 245 g/mol. The Balaban J connectivity index is 2.44. The van der Waals surface area contributed by atoms with E-state index in [4.69, 9.17) is 15.3 Å². The van der Waals surface area contributed by atoms with E-state index in [-0.39, 0.29) is 18.2 Å². The lowest BCUT2D eigenvalue weighted by Gasteiger charge is -2.38. The van der Waals surface area contributed by atoms with Gasteiger partial charge in [-0.3, -0.25) is 16.2 Å². The van der Waals surface area contributed by atoms with Gasteiger partial charge in [0.15, 0.2) is 0 Å². The highest BCUT2D eigenvalue weighted by atomic mass is 16.5. The minimum atomic E-state index is 0.0546. The number of nitrogens with zero attached hydrogens (tertiary/aromatic N) is 1. The zero-order valence-electron chi connectivity index (χ0n) is 11.5. The summed E-state index contributed by atoms with van der Waals surface area (Å²) in [5.74, 6) is 5.58. The number of hydrazine groups is 1. The summed E-state index contributed by atoms with van der Waals surface area (Å²) in [4.78, 5) is 2.41. The average Bonchev–Trinajstić information content (AvgIpc) is 2.30. The van der Waals surface area contributed by atoms with Crippen LogP contribution in [-0.2, 0) is 9.47 Å². The Hall–Kier alpha value is -0.200. The third kappa shape index (κ3) is 4.89. The highest BCUT2D eigenvalue weighted by Crippen LogP contribution is 2.12. The first-order valence-corrected chi connectivity index (χ1v) is 6.48. The first kappa shape index (κ1) is 14.9. The molecule has 0 aromatic rings. The van der Waals surface area contributed by atoms with Crippen LogP contribution in [0.1, 0.15) is 27.7 Å². The van der Waals surface area contributed by atoms with Crippen molar-refractivity contribution in [2.75, 3.05) is 26.3 Å².